The van der Waals surface area contributed by atoms with Crippen molar-refractivity contribution in [2.45, 2.75) is 104 Å². The van der Waals surface area contributed by atoms with E-state index in [1.54, 1.807) is 6.08 Å². The molecule has 0 unspecified atom stereocenters. The van der Waals surface area contributed by atoms with Gasteiger partial charge in [-0.1, -0.05) is 102 Å². The highest BCUT2D eigenvalue weighted by molar-refractivity contribution is 8.14. The molecule has 0 saturated carbocycles. The minimum absolute atomic E-state index is 0.247. The fourth-order valence-corrected chi connectivity index (χ4v) is 3.24. The molecule has 0 heterocycles. The lowest BCUT2D eigenvalue weighted by Gasteiger charge is -2.01. The van der Waals surface area contributed by atoms with Crippen LogP contribution in [0.15, 0.2) is 12.2 Å². The molecule has 0 bridgehead atoms. The van der Waals surface area contributed by atoms with E-state index in [9.17, 15) is 4.79 Å². The predicted molar refractivity (Wildman–Crippen MR) is 103 cm³/mol. The van der Waals surface area contributed by atoms with Crippen LogP contribution in [0.25, 0.3) is 0 Å². The summed E-state index contributed by atoms with van der Waals surface area (Å²) >= 11 is 1.49. The van der Waals surface area contributed by atoms with Crippen molar-refractivity contribution in [2.24, 2.45) is 0 Å². The summed E-state index contributed by atoms with van der Waals surface area (Å²) in [6.07, 6.45) is 22.1. The summed E-state index contributed by atoms with van der Waals surface area (Å²) in [5.41, 5.74) is 0. The van der Waals surface area contributed by atoms with Gasteiger partial charge in [0, 0.05) is 5.75 Å². The van der Waals surface area contributed by atoms with Crippen LogP contribution in [0.4, 0.5) is 0 Å². The van der Waals surface area contributed by atoms with Gasteiger partial charge in [-0.2, -0.15) is 0 Å². The maximum Gasteiger partial charge on any atom is 0.211 e. The number of unbranched alkanes of at least 4 members (excludes halogenated alkanes) is 12. The van der Waals surface area contributed by atoms with E-state index in [-0.39, 0.29) is 5.12 Å². The number of hydrogen-bond acceptors (Lipinski definition) is 2. The molecule has 0 aromatic carbocycles. The van der Waals surface area contributed by atoms with Crippen LogP contribution in [-0.2, 0) is 4.79 Å². The third kappa shape index (κ3) is 17.8. The summed E-state index contributed by atoms with van der Waals surface area (Å²) in [4.78, 5) is 11.7. The molecule has 1 nitrogen and oxygen atoms in total. The third-order valence-corrected chi connectivity index (χ3v) is 4.88. The molecule has 0 saturated heterocycles. The highest BCUT2D eigenvalue weighted by atomic mass is 32.2. The molecule has 0 atom stereocenters. The largest absolute Gasteiger partial charge is 0.282 e. The van der Waals surface area contributed by atoms with E-state index in [4.69, 9.17) is 0 Å². The lowest BCUT2D eigenvalue weighted by Crippen LogP contribution is -1.89. The van der Waals surface area contributed by atoms with Gasteiger partial charge in [-0.15, -0.1) is 0 Å². The van der Waals surface area contributed by atoms with Gasteiger partial charge < -0.3 is 0 Å². The van der Waals surface area contributed by atoms with Crippen molar-refractivity contribution in [1.82, 2.24) is 0 Å². The van der Waals surface area contributed by atoms with E-state index in [0.29, 0.717) is 0 Å². The Balaban J connectivity index is 3.24. The number of hydrogen-bond donors (Lipinski definition) is 0. The zero-order valence-corrected chi connectivity index (χ0v) is 15.9. The SMILES string of the molecule is CCCCCCCC=CC(=O)SCCCCCCCCCC. The molecule has 130 valence electrons. The standard InChI is InChI=1S/C20H38OS/c1-3-5-7-9-11-13-15-17-19-22-20(21)18-16-14-12-10-8-6-4-2/h16,18H,3-15,17,19H2,1-2H3. The fourth-order valence-electron chi connectivity index (χ4n) is 2.50. The van der Waals surface area contributed by atoms with E-state index < -0.39 is 0 Å². The Hall–Kier alpha value is -0.240. The smallest absolute Gasteiger partial charge is 0.211 e. The molecule has 0 aromatic heterocycles. The molecule has 0 aromatic rings. The average Bonchev–Trinajstić information content (AvgIpc) is 2.52. The van der Waals surface area contributed by atoms with Crippen molar-refractivity contribution in [2.75, 3.05) is 5.75 Å². The molecule has 22 heavy (non-hydrogen) atoms. The second-order valence-corrected chi connectivity index (χ2v) is 7.35. The van der Waals surface area contributed by atoms with Crippen molar-refractivity contribution in [3.8, 4) is 0 Å². The van der Waals surface area contributed by atoms with Gasteiger partial charge in [0.05, 0.1) is 0 Å². The Kier molecular flexibility index (Phi) is 18.6. The lowest BCUT2D eigenvalue weighted by molar-refractivity contribution is -0.107. The Morgan fingerprint density at radius 1 is 0.727 bits per heavy atom. The highest BCUT2D eigenvalue weighted by Gasteiger charge is 1.97. The van der Waals surface area contributed by atoms with Crippen molar-refractivity contribution >= 4 is 16.9 Å². The van der Waals surface area contributed by atoms with Crippen LogP contribution < -0.4 is 0 Å². The van der Waals surface area contributed by atoms with Gasteiger partial charge in [-0.05, 0) is 25.3 Å². The van der Waals surface area contributed by atoms with E-state index in [1.807, 2.05) is 0 Å². The van der Waals surface area contributed by atoms with Gasteiger partial charge in [0.2, 0.25) is 5.12 Å². The zero-order chi connectivity index (χ0) is 16.3. The zero-order valence-electron chi connectivity index (χ0n) is 15.1. The Bertz CT molecular complexity index is 260. The summed E-state index contributed by atoms with van der Waals surface area (Å²) in [6, 6.07) is 0. The van der Waals surface area contributed by atoms with Crippen molar-refractivity contribution in [1.29, 1.82) is 0 Å². The van der Waals surface area contributed by atoms with Gasteiger partial charge >= 0.3 is 0 Å². The minimum Gasteiger partial charge on any atom is -0.282 e. The molecule has 0 rings (SSSR count). The maximum absolute atomic E-state index is 11.7. The summed E-state index contributed by atoms with van der Waals surface area (Å²) in [6.45, 7) is 4.50. The Morgan fingerprint density at radius 3 is 1.82 bits per heavy atom. The summed E-state index contributed by atoms with van der Waals surface area (Å²) < 4.78 is 0. The van der Waals surface area contributed by atoms with E-state index in [0.717, 1.165) is 12.2 Å². The molecule has 0 radical (unpaired) electrons. The van der Waals surface area contributed by atoms with Gasteiger partial charge in [0.25, 0.3) is 0 Å². The number of carbonyl (C=O) groups excluding carboxylic acids is 1. The van der Waals surface area contributed by atoms with Crippen LogP contribution in [0.3, 0.4) is 0 Å². The van der Waals surface area contributed by atoms with E-state index in [1.165, 1.54) is 95.2 Å². The Morgan fingerprint density at radius 2 is 1.23 bits per heavy atom. The van der Waals surface area contributed by atoms with Crippen LogP contribution in [0, 0.1) is 0 Å². The van der Waals surface area contributed by atoms with Gasteiger partial charge in [-0.3, -0.25) is 4.79 Å². The fraction of sp³-hybridized carbons (Fsp3) is 0.850. The quantitative estimate of drug-likeness (QED) is 0.218. The number of rotatable bonds is 16. The van der Waals surface area contributed by atoms with Gasteiger partial charge in [0.1, 0.15) is 0 Å². The second-order valence-electron chi connectivity index (χ2n) is 6.25. The molecule has 2 heteroatoms. The third-order valence-electron chi connectivity index (χ3n) is 3.97. The molecular weight excluding hydrogens is 288 g/mol. The maximum atomic E-state index is 11.7. The first-order valence-electron chi connectivity index (χ1n) is 9.64. The number of thioether (sulfide) groups is 1. The van der Waals surface area contributed by atoms with E-state index in [2.05, 4.69) is 19.9 Å². The molecular formula is C20H38OS. The molecule has 0 aliphatic heterocycles. The Labute approximate surface area is 143 Å². The van der Waals surface area contributed by atoms with Gasteiger partial charge in [-0.25, -0.2) is 0 Å². The summed E-state index contributed by atoms with van der Waals surface area (Å²) in [5.74, 6) is 0.995. The number of carbonyl (C=O) groups is 1. The average molecular weight is 327 g/mol. The van der Waals surface area contributed by atoms with Crippen LogP contribution in [0.5, 0.6) is 0 Å². The van der Waals surface area contributed by atoms with Crippen molar-refractivity contribution < 1.29 is 4.79 Å². The normalized spacial score (nSPS) is 11.4. The molecule has 0 fully saturated rings. The molecule has 0 aliphatic rings. The molecule has 0 spiro atoms. The molecule has 0 N–H and O–H groups in total. The topological polar surface area (TPSA) is 17.1 Å². The summed E-state index contributed by atoms with van der Waals surface area (Å²) in [5, 5.41) is 0.247. The minimum atomic E-state index is 0.247. The second kappa shape index (κ2) is 18.8. The van der Waals surface area contributed by atoms with Crippen molar-refractivity contribution in [3.05, 3.63) is 12.2 Å². The van der Waals surface area contributed by atoms with Crippen LogP contribution in [0.1, 0.15) is 104 Å². The van der Waals surface area contributed by atoms with Crippen LogP contribution in [-0.4, -0.2) is 10.9 Å². The number of allylic oxidation sites excluding steroid dienone is 1. The highest BCUT2D eigenvalue weighted by Crippen LogP contribution is 2.12. The van der Waals surface area contributed by atoms with Crippen molar-refractivity contribution in [3.63, 3.8) is 0 Å². The first-order chi connectivity index (χ1) is 10.8. The first-order valence-corrected chi connectivity index (χ1v) is 10.6. The summed E-state index contributed by atoms with van der Waals surface area (Å²) in [7, 11) is 0. The van der Waals surface area contributed by atoms with Crippen LogP contribution in [0.2, 0.25) is 0 Å². The van der Waals surface area contributed by atoms with Crippen LogP contribution >= 0.6 is 11.8 Å². The molecule has 0 aliphatic carbocycles. The van der Waals surface area contributed by atoms with Gasteiger partial charge in [0.15, 0.2) is 0 Å². The molecule has 0 amide bonds. The monoisotopic (exact) mass is 326 g/mol. The predicted octanol–water partition coefficient (Wildman–Crippen LogP) is 7.30. The first kappa shape index (κ1) is 21.8. The van der Waals surface area contributed by atoms with E-state index >= 15 is 0 Å². The lowest BCUT2D eigenvalue weighted by atomic mass is 10.1.